The molecule has 0 saturated carbocycles. The predicted octanol–water partition coefficient (Wildman–Crippen LogP) is 1.54. The molecule has 84 valence electrons. The summed E-state index contributed by atoms with van der Waals surface area (Å²) in [5.74, 6) is 0.666. The highest BCUT2D eigenvalue weighted by atomic mass is 32.2. The number of nitriles is 1. The van der Waals surface area contributed by atoms with Crippen LogP contribution in [-0.2, 0) is 4.74 Å². The molecule has 0 aromatic carbocycles. The molecule has 0 bridgehead atoms. The van der Waals surface area contributed by atoms with Gasteiger partial charge in [-0.15, -0.1) is 4.99 Å². The van der Waals surface area contributed by atoms with E-state index in [-0.39, 0.29) is 0 Å². The summed E-state index contributed by atoms with van der Waals surface area (Å²) in [6.45, 7) is 2.69. The molecule has 1 aliphatic rings. The van der Waals surface area contributed by atoms with Gasteiger partial charge in [0, 0.05) is 26.8 Å². The van der Waals surface area contributed by atoms with Gasteiger partial charge in [-0.05, 0) is 25.0 Å². The van der Waals surface area contributed by atoms with Crippen molar-refractivity contribution in [2.75, 3.05) is 33.1 Å². The third-order valence-corrected chi connectivity index (χ3v) is 3.30. The summed E-state index contributed by atoms with van der Waals surface area (Å²) in [5.41, 5.74) is 0. The summed E-state index contributed by atoms with van der Waals surface area (Å²) >= 11 is 1.51. The van der Waals surface area contributed by atoms with Gasteiger partial charge in [-0.2, -0.15) is 5.26 Å². The molecule has 0 aliphatic carbocycles. The second kappa shape index (κ2) is 6.70. The largest absolute Gasteiger partial charge is 0.381 e. The van der Waals surface area contributed by atoms with Gasteiger partial charge in [0.25, 0.3) is 0 Å². The van der Waals surface area contributed by atoms with E-state index in [0.717, 1.165) is 37.8 Å². The molecule has 0 aromatic rings. The van der Waals surface area contributed by atoms with Crippen LogP contribution in [0.5, 0.6) is 0 Å². The molecule has 4 nitrogen and oxygen atoms in total. The highest BCUT2D eigenvalue weighted by molar-refractivity contribution is 8.13. The number of aliphatic imine (C=N–C) groups is 1. The first-order chi connectivity index (χ1) is 7.27. The molecular formula is C10H17N3OS. The molecule has 0 unspecified atom stereocenters. The third-order valence-electron chi connectivity index (χ3n) is 2.53. The van der Waals surface area contributed by atoms with Crippen molar-refractivity contribution in [3.63, 3.8) is 0 Å². The van der Waals surface area contributed by atoms with Crippen molar-refractivity contribution in [2.45, 2.75) is 12.8 Å². The van der Waals surface area contributed by atoms with Crippen molar-refractivity contribution in [3.8, 4) is 6.19 Å². The molecule has 1 aliphatic heterocycles. The minimum absolute atomic E-state index is 0.666. The third kappa shape index (κ3) is 4.10. The average Bonchev–Trinajstić information content (AvgIpc) is 2.27. The normalized spacial score (nSPS) is 18.6. The molecule has 1 rings (SSSR count). The Hall–Kier alpha value is -0.730. The summed E-state index contributed by atoms with van der Waals surface area (Å²) < 4.78 is 5.31. The summed E-state index contributed by atoms with van der Waals surface area (Å²) in [6.07, 6.45) is 6.00. The van der Waals surface area contributed by atoms with Crippen LogP contribution >= 0.6 is 11.8 Å². The fourth-order valence-electron chi connectivity index (χ4n) is 1.72. The minimum atomic E-state index is 0.666. The predicted molar refractivity (Wildman–Crippen MR) is 62.7 cm³/mol. The molecule has 0 spiro atoms. The van der Waals surface area contributed by atoms with Crippen LogP contribution in [0.2, 0.25) is 0 Å². The van der Waals surface area contributed by atoms with Gasteiger partial charge in [0.1, 0.15) is 0 Å². The first-order valence-corrected chi connectivity index (χ1v) is 6.30. The smallest absolute Gasteiger partial charge is 0.208 e. The van der Waals surface area contributed by atoms with E-state index in [1.807, 2.05) is 19.5 Å². The first kappa shape index (κ1) is 12.3. The van der Waals surface area contributed by atoms with Crippen LogP contribution in [0.3, 0.4) is 0 Å². The van der Waals surface area contributed by atoms with E-state index in [2.05, 4.69) is 9.89 Å². The summed E-state index contributed by atoms with van der Waals surface area (Å²) in [6, 6.07) is 0. The fourth-order valence-corrected chi connectivity index (χ4v) is 2.24. The standard InChI is InChI=1S/C10H17N3OS/c1-13(10(15-2)12-8-11)7-9-3-5-14-6-4-9/h9H,3-7H2,1-2H3. The van der Waals surface area contributed by atoms with Crippen LogP contribution in [0.15, 0.2) is 4.99 Å². The maximum absolute atomic E-state index is 8.53. The Morgan fingerprint density at radius 1 is 1.60 bits per heavy atom. The molecule has 0 aromatic heterocycles. The Labute approximate surface area is 95.3 Å². The summed E-state index contributed by atoms with van der Waals surface area (Å²) in [4.78, 5) is 5.85. The van der Waals surface area contributed by atoms with Crippen LogP contribution in [0.1, 0.15) is 12.8 Å². The molecule has 1 fully saturated rings. The molecule has 1 heterocycles. The van der Waals surface area contributed by atoms with Crippen LogP contribution in [0, 0.1) is 17.4 Å². The van der Waals surface area contributed by atoms with Crippen molar-refractivity contribution in [1.29, 1.82) is 5.26 Å². The monoisotopic (exact) mass is 227 g/mol. The lowest BCUT2D eigenvalue weighted by atomic mass is 10.0. The Bertz CT molecular complexity index is 256. The highest BCUT2D eigenvalue weighted by Crippen LogP contribution is 2.17. The highest BCUT2D eigenvalue weighted by Gasteiger charge is 2.17. The second-order valence-electron chi connectivity index (χ2n) is 3.63. The van der Waals surface area contributed by atoms with E-state index in [9.17, 15) is 0 Å². The van der Waals surface area contributed by atoms with Crippen LogP contribution < -0.4 is 0 Å². The molecular weight excluding hydrogens is 210 g/mol. The number of amidine groups is 1. The first-order valence-electron chi connectivity index (χ1n) is 5.07. The van der Waals surface area contributed by atoms with Crippen LogP contribution in [0.25, 0.3) is 0 Å². The van der Waals surface area contributed by atoms with Crippen molar-refractivity contribution >= 4 is 16.9 Å². The zero-order valence-electron chi connectivity index (χ0n) is 9.27. The van der Waals surface area contributed by atoms with Gasteiger partial charge in [0.15, 0.2) is 5.17 Å². The van der Waals surface area contributed by atoms with Gasteiger partial charge in [-0.25, -0.2) is 0 Å². The number of ether oxygens (including phenoxy) is 1. The number of hydrogen-bond donors (Lipinski definition) is 0. The van der Waals surface area contributed by atoms with E-state index >= 15 is 0 Å². The van der Waals surface area contributed by atoms with E-state index in [1.54, 1.807) is 0 Å². The SMILES string of the molecule is CSC(=NC#N)N(C)CC1CCOCC1. The van der Waals surface area contributed by atoms with Crippen molar-refractivity contribution in [2.24, 2.45) is 10.9 Å². The van der Waals surface area contributed by atoms with E-state index in [1.165, 1.54) is 11.8 Å². The molecule has 5 heteroatoms. The number of rotatable bonds is 2. The molecule has 0 atom stereocenters. The molecule has 0 amide bonds. The van der Waals surface area contributed by atoms with E-state index in [4.69, 9.17) is 10.00 Å². The minimum Gasteiger partial charge on any atom is -0.381 e. The van der Waals surface area contributed by atoms with Gasteiger partial charge in [0.2, 0.25) is 6.19 Å². The fraction of sp³-hybridized carbons (Fsp3) is 0.800. The number of nitrogens with zero attached hydrogens (tertiary/aromatic N) is 3. The second-order valence-corrected chi connectivity index (χ2v) is 4.41. The van der Waals surface area contributed by atoms with Crippen molar-refractivity contribution in [3.05, 3.63) is 0 Å². The van der Waals surface area contributed by atoms with Gasteiger partial charge < -0.3 is 9.64 Å². The lowest BCUT2D eigenvalue weighted by molar-refractivity contribution is 0.0614. The molecule has 15 heavy (non-hydrogen) atoms. The Morgan fingerprint density at radius 3 is 2.80 bits per heavy atom. The van der Waals surface area contributed by atoms with Gasteiger partial charge >= 0.3 is 0 Å². The Kier molecular flexibility index (Phi) is 5.51. The van der Waals surface area contributed by atoms with Crippen LogP contribution in [0.4, 0.5) is 0 Å². The van der Waals surface area contributed by atoms with E-state index < -0.39 is 0 Å². The maximum atomic E-state index is 8.53. The van der Waals surface area contributed by atoms with Crippen molar-refractivity contribution in [1.82, 2.24) is 4.90 Å². The van der Waals surface area contributed by atoms with Crippen LogP contribution in [-0.4, -0.2) is 43.1 Å². The zero-order chi connectivity index (χ0) is 11.1. The average molecular weight is 227 g/mol. The Morgan fingerprint density at radius 2 is 2.27 bits per heavy atom. The lowest BCUT2D eigenvalue weighted by Gasteiger charge is -2.27. The topological polar surface area (TPSA) is 48.6 Å². The summed E-state index contributed by atoms with van der Waals surface area (Å²) in [7, 11) is 1.99. The van der Waals surface area contributed by atoms with Gasteiger partial charge in [-0.1, -0.05) is 11.8 Å². The molecule has 1 saturated heterocycles. The van der Waals surface area contributed by atoms with Gasteiger partial charge in [0.05, 0.1) is 0 Å². The Balaban J connectivity index is 2.42. The summed E-state index contributed by atoms with van der Waals surface area (Å²) in [5, 5.41) is 9.32. The van der Waals surface area contributed by atoms with E-state index in [0.29, 0.717) is 5.92 Å². The van der Waals surface area contributed by atoms with Gasteiger partial charge in [-0.3, -0.25) is 0 Å². The molecule has 0 radical (unpaired) electrons. The quantitative estimate of drug-likeness (QED) is 0.408. The van der Waals surface area contributed by atoms with Crippen molar-refractivity contribution < 1.29 is 4.74 Å². The maximum Gasteiger partial charge on any atom is 0.208 e. The lowest BCUT2D eigenvalue weighted by Crippen LogP contribution is -2.32. The zero-order valence-corrected chi connectivity index (χ0v) is 10.1. The molecule has 0 N–H and O–H groups in total. The number of hydrogen-bond acceptors (Lipinski definition) is 4. The number of thioether (sulfide) groups is 1.